The molecule has 0 spiro atoms. The molecule has 0 rings (SSSR count). The molecule has 1 atom stereocenters. The van der Waals surface area contributed by atoms with Gasteiger partial charge >= 0.3 is 0 Å². The molecule has 0 saturated carbocycles. The summed E-state index contributed by atoms with van der Waals surface area (Å²) in [6, 6.07) is 0. The highest BCUT2D eigenvalue weighted by Gasteiger charge is 2.10. The minimum Gasteiger partial charge on any atom is -0.396 e. The van der Waals surface area contributed by atoms with Gasteiger partial charge in [-0.25, -0.2) is 0 Å². The van der Waals surface area contributed by atoms with Crippen molar-refractivity contribution < 1.29 is 9.90 Å². The molecule has 1 unspecified atom stereocenters. The van der Waals surface area contributed by atoms with Crippen LogP contribution in [-0.4, -0.2) is 17.5 Å². The van der Waals surface area contributed by atoms with Gasteiger partial charge in [-0.3, -0.25) is 4.79 Å². The van der Waals surface area contributed by atoms with Crippen LogP contribution in [0.1, 0.15) is 39.5 Å². The summed E-state index contributed by atoms with van der Waals surface area (Å²) in [6.07, 6.45) is 3.54. The maximum Gasteiger partial charge on any atom is 0.137 e. The second kappa shape index (κ2) is 6.35. The van der Waals surface area contributed by atoms with Gasteiger partial charge in [0.05, 0.1) is 0 Å². The largest absolute Gasteiger partial charge is 0.396 e. The van der Waals surface area contributed by atoms with E-state index in [0.717, 1.165) is 19.3 Å². The van der Waals surface area contributed by atoms with Gasteiger partial charge in [-0.1, -0.05) is 26.7 Å². The lowest BCUT2D eigenvalue weighted by Gasteiger charge is -2.07. The zero-order valence-corrected chi connectivity index (χ0v) is 7.47. The molecule has 2 heteroatoms. The summed E-state index contributed by atoms with van der Waals surface area (Å²) in [5, 5.41) is 8.49. The Labute approximate surface area is 68.6 Å². The highest BCUT2D eigenvalue weighted by atomic mass is 16.3. The second-order valence-corrected chi connectivity index (χ2v) is 2.98. The van der Waals surface area contributed by atoms with E-state index in [4.69, 9.17) is 5.11 Å². The lowest BCUT2D eigenvalue weighted by molar-refractivity contribution is -0.123. The Kier molecular flexibility index (Phi) is 6.13. The quantitative estimate of drug-likeness (QED) is 0.639. The average Bonchev–Trinajstić information content (AvgIpc) is 2.00. The molecular weight excluding hydrogens is 140 g/mol. The molecular formula is C9H18O2. The van der Waals surface area contributed by atoms with Crippen molar-refractivity contribution in [3.05, 3.63) is 0 Å². The van der Waals surface area contributed by atoms with Crippen LogP contribution in [0.5, 0.6) is 0 Å². The molecule has 0 bridgehead atoms. The monoisotopic (exact) mass is 158 g/mol. The molecule has 0 heterocycles. The summed E-state index contributed by atoms with van der Waals surface area (Å²) in [5.41, 5.74) is 0. The molecule has 0 saturated heterocycles. The molecule has 0 amide bonds. The molecule has 0 aliphatic heterocycles. The number of unbranched alkanes of at least 4 members (excludes halogenated alkanes) is 1. The fraction of sp³-hybridized carbons (Fsp3) is 0.889. The predicted molar refractivity (Wildman–Crippen MR) is 45.4 cm³/mol. The van der Waals surface area contributed by atoms with Gasteiger partial charge in [-0.2, -0.15) is 0 Å². The molecule has 1 N–H and O–H groups in total. The number of hydrogen-bond acceptors (Lipinski definition) is 2. The summed E-state index contributed by atoms with van der Waals surface area (Å²) in [7, 11) is 0. The molecule has 0 fully saturated rings. The zero-order chi connectivity index (χ0) is 8.69. The third-order valence-corrected chi connectivity index (χ3v) is 1.90. The fourth-order valence-corrected chi connectivity index (χ4v) is 1.03. The Balaban J connectivity index is 3.46. The third-order valence-electron chi connectivity index (χ3n) is 1.90. The standard InChI is InChI=1S/C9H18O2/c1-3-4-5-8(2)9(11)6-7-10/h8,10H,3-7H2,1-2H3. The maximum atomic E-state index is 11.1. The van der Waals surface area contributed by atoms with Gasteiger partial charge < -0.3 is 5.11 Å². The van der Waals surface area contributed by atoms with Crippen LogP contribution >= 0.6 is 0 Å². The van der Waals surface area contributed by atoms with E-state index >= 15 is 0 Å². The first-order valence-corrected chi connectivity index (χ1v) is 4.36. The number of Topliss-reactive ketones (excluding diaryl/α,β-unsaturated/α-hetero) is 1. The number of carbonyl (C=O) groups is 1. The molecule has 11 heavy (non-hydrogen) atoms. The van der Waals surface area contributed by atoms with Crippen LogP contribution in [0.3, 0.4) is 0 Å². The van der Waals surface area contributed by atoms with Gasteiger partial charge in [-0.15, -0.1) is 0 Å². The van der Waals surface area contributed by atoms with Crippen molar-refractivity contribution in [2.75, 3.05) is 6.61 Å². The number of aliphatic hydroxyl groups excluding tert-OH is 1. The lowest BCUT2D eigenvalue weighted by atomic mass is 9.98. The van der Waals surface area contributed by atoms with E-state index in [2.05, 4.69) is 6.92 Å². The number of ketones is 1. The maximum absolute atomic E-state index is 11.1. The van der Waals surface area contributed by atoms with Crippen LogP contribution in [-0.2, 0) is 4.79 Å². The first kappa shape index (κ1) is 10.6. The summed E-state index contributed by atoms with van der Waals surface area (Å²) in [6.45, 7) is 4.05. The predicted octanol–water partition coefficient (Wildman–Crippen LogP) is 1.76. The zero-order valence-electron chi connectivity index (χ0n) is 7.47. The van der Waals surface area contributed by atoms with Crippen LogP contribution in [0.2, 0.25) is 0 Å². The van der Waals surface area contributed by atoms with E-state index in [-0.39, 0.29) is 18.3 Å². The molecule has 66 valence electrons. The normalized spacial score (nSPS) is 13.0. The summed E-state index contributed by atoms with van der Waals surface area (Å²) < 4.78 is 0. The van der Waals surface area contributed by atoms with E-state index in [0.29, 0.717) is 6.42 Å². The molecule has 0 aromatic heterocycles. The second-order valence-electron chi connectivity index (χ2n) is 2.98. The number of aliphatic hydroxyl groups is 1. The highest BCUT2D eigenvalue weighted by Crippen LogP contribution is 2.09. The van der Waals surface area contributed by atoms with Crippen molar-refractivity contribution in [1.82, 2.24) is 0 Å². The van der Waals surface area contributed by atoms with Gasteiger partial charge in [0.2, 0.25) is 0 Å². The Morgan fingerprint density at radius 3 is 2.64 bits per heavy atom. The highest BCUT2D eigenvalue weighted by molar-refractivity contribution is 5.80. The van der Waals surface area contributed by atoms with Crippen molar-refractivity contribution in [2.45, 2.75) is 39.5 Å². The average molecular weight is 158 g/mol. The topological polar surface area (TPSA) is 37.3 Å². The summed E-state index contributed by atoms with van der Waals surface area (Å²) in [4.78, 5) is 11.1. The third kappa shape index (κ3) is 4.96. The SMILES string of the molecule is CCCCC(C)C(=O)CCO. The first-order valence-electron chi connectivity index (χ1n) is 4.36. The van der Waals surface area contributed by atoms with Crippen molar-refractivity contribution in [2.24, 2.45) is 5.92 Å². The van der Waals surface area contributed by atoms with Crippen molar-refractivity contribution >= 4 is 5.78 Å². The van der Waals surface area contributed by atoms with Gasteiger partial charge in [0.25, 0.3) is 0 Å². The van der Waals surface area contributed by atoms with Crippen molar-refractivity contribution in [3.63, 3.8) is 0 Å². The van der Waals surface area contributed by atoms with Crippen molar-refractivity contribution in [1.29, 1.82) is 0 Å². The summed E-state index contributed by atoms with van der Waals surface area (Å²) >= 11 is 0. The van der Waals surface area contributed by atoms with Gasteiger partial charge in [-0.05, 0) is 6.42 Å². The molecule has 0 aliphatic rings. The lowest BCUT2D eigenvalue weighted by Crippen LogP contribution is -2.12. The minimum absolute atomic E-state index is 0.00466. The van der Waals surface area contributed by atoms with E-state index in [9.17, 15) is 4.79 Å². The fourth-order valence-electron chi connectivity index (χ4n) is 1.03. The molecule has 0 aromatic rings. The van der Waals surface area contributed by atoms with Crippen LogP contribution in [0.25, 0.3) is 0 Å². The molecule has 0 radical (unpaired) electrons. The molecule has 0 aromatic carbocycles. The van der Waals surface area contributed by atoms with E-state index in [1.165, 1.54) is 0 Å². The van der Waals surface area contributed by atoms with Crippen LogP contribution < -0.4 is 0 Å². The van der Waals surface area contributed by atoms with Crippen LogP contribution in [0, 0.1) is 5.92 Å². The minimum atomic E-state index is -0.00466. The Morgan fingerprint density at radius 2 is 2.18 bits per heavy atom. The van der Waals surface area contributed by atoms with E-state index in [1.54, 1.807) is 0 Å². The van der Waals surface area contributed by atoms with Gasteiger partial charge in [0.1, 0.15) is 5.78 Å². The summed E-state index contributed by atoms with van der Waals surface area (Å²) in [5.74, 6) is 0.336. The Bertz CT molecular complexity index is 110. The van der Waals surface area contributed by atoms with Crippen molar-refractivity contribution in [3.8, 4) is 0 Å². The smallest absolute Gasteiger partial charge is 0.137 e. The first-order chi connectivity index (χ1) is 5.22. The van der Waals surface area contributed by atoms with Gasteiger partial charge in [0.15, 0.2) is 0 Å². The Hall–Kier alpha value is -0.370. The number of rotatable bonds is 6. The Morgan fingerprint density at radius 1 is 1.55 bits per heavy atom. The molecule has 0 aliphatic carbocycles. The number of carbonyl (C=O) groups excluding carboxylic acids is 1. The molecule has 2 nitrogen and oxygen atoms in total. The van der Waals surface area contributed by atoms with Crippen LogP contribution in [0.4, 0.5) is 0 Å². The van der Waals surface area contributed by atoms with Gasteiger partial charge in [0, 0.05) is 18.9 Å². The van der Waals surface area contributed by atoms with Crippen LogP contribution in [0.15, 0.2) is 0 Å². The number of hydrogen-bond donors (Lipinski definition) is 1. The van der Waals surface area contributed by atoms with E-state index in [1.807, 2.05) is 6.92 Å². The van der Waals surface area contributed by atoms with E-state index < -0.39 is 0 Å².